The smallest absolute Gasteiger partial charge is 0.284 e. The van der Waals surface area contributed by atoms with E-state index in [-0.39, 0.29) is 13.1 Å². The summed E-state index contributed by atoms with van der Waals surface area (Å²) in [5.74, 6) is -4.06. The van der Waals surface area contributed by atoms with E-state index in [1.54, 1.807) is 0 Å². The van der Waals surface area contributed by atoms with Crippen molar-refractivity contribution in [2.45, 2.75) is 62.4 Å². The maximum absolute atomic E-state index is 14.6. The molecule has 0 aromatic carbocycles. The van der Waals surface area contributed by atoms with Gasteiger partial charge in [0, 0.05) is 13.1 Å². The number of hydrogen-bond donors (Lipinski definition) is 1. The van der Waals surface area contributed by atoms with Gasteiger partial charge in [-0.1, -0.05) is 20.3 Å². The fourth-order valence-electron chi connectivity index (χ4n) is 2.87. The molecule has 2 unspecified atom stereocenters. The van der Waals surface area contributed by atoms with Crippen LogP contribution < -0.4 is 0 Å². The molecule has 2 atom stereocenters. The van der Waals surface area contributed by atoms with Gasteiger partial charge < -0.3 is 0 Å². The van der Waals surface area contributed by atoms with Crippen molar-refractivity contribution in [2.75, 3.05) is 13.1 Å². The molecular formula is C12H23F2NO5S2. The van der Waals surface area contributed by atoms with Gasteiger partial charge in [0.05, 0.1) is 0 Å². The molecule has 1 heterocycles. The van der Waals surface area contributed by atoms with E-state index in [9.17, 15) is 25.6 Å². The molecule has 0 bridgehead atoms. The highest BCUT2D eigenvalue weighted by molar-refractivity contribution is 7.90. The van der Waals surface area contributed by atoms with Crippen LogP contribution in [0, 0.1) is 0 Å². The number of halogens is 2. The Morgan fingerprint density at radius 2 is 1.45 bits per heavy atom. The van der Waals surface area contributed by atoms with Crippen molar-refractivity contribution in [2.24, 2.45) is 0 Å². The topological polar surface area (TPSA) is 91.8 Å². The van der Waals surface area contributed by atoms with Gasteiger partial charge in [-0.05, 0) is 25.7 Å². The van der Waals surface area contributed by atoms with Crippen LogP contribution in [0.5, 0.6) is 0 Å². The third-order valence-electron chi connectivity index (χ3n) is 3.99. The van der Waals surface area contributed by atoms with Crippen LogP contribution >= 0.6 is 0 Å². The maximum atomic E-state index is 14.6. The standard InChI is InChI=1S/C12H23F2NO5S2/c1-3-10(12(13,14)11(4-2)22(18,19)20)21(16,17)15-8-6-5-7-9-15/h10-11H,3-9H2,1-2H3,(H,18,19,20). The van der Waals surface area contributed by atoms with Gasteiger partial charge in [-0.2, -0.15) is 8.42 Å². The van der Waals surface area contributed by atoms with Crippen molar-refractivity contribution in [3.63, 3.8) is 0 Å². The average molecular weight is 363 g/mol. The number of rotatable bonds is 7. The van der Waals surface area contributed by atoms with E-state index < -0.39 is 49.4 Å². The van der Waals surface area contributed by atoms with Crippen LogP contribution in [-0.4, -0.2) is 55.2 Å². The van der Waals surface area contributed by atoms with Crippen molar-refractivity contribution in [1.29, 1.82) is 0 Å². The van der Waals surface area contributed by atoms with Crippen molar-refractivity contribution in [3.8, 4) is 0 Å². The van der Waals surface area contributed by atoms with Crippen LogP contribution in [0.25, 0.3) is 0 Å². The van der Waals surface area contributed by atoms with Gasteiger partial charge in [-0.15, -0.1) is 0 Å². The molecule has 1 aliphatic heterocycles. The number of piperidine rings is 1. The second-order valence-corrected chi connectivity index (χ2v) is 9.20. The Bertz CT molecular complexity index is 570. The van der Waals surface area contributed by atoms with Crippen molar-refractivity contribution in [3.05, 3.63) is 0 Å². The van der Waals surface area contributed by atoms with E-state index in [1.807, 2.05) is 0 Å². The molecular weight excluding hydrogens is 340 g/mol. The summed E-state index contributed by atoms with van der Waals surface area (Å²) in [4.78, 5) is 0. The number of sulfonamides is 1. The SMILES string of the molecule is CCC(C(F)(F)C(CC)S(=O)(=O)N1CCCCC1)S(=O)(=O)O. The first kappa shape index (κ1) is 19.7. The van der Waals surface area contributed by atoms with Gasteiger partial charge >= 0.3 is 0 Å². The largest absolute Gasteiger partial charge is 0.285 e. The highest BCUT2D eigenvalue weighted by Gasteiger charge is 2.57. The molecule has 0 aromatic rings. The Morgan fingerprint density at radius 1 is 1.00 bits per heavy atom. The van der Waals surface area contributed by atoms with Crippen LogP contribution in [0.2, 0.25) is 0 Å². The van der Waals surface area contributed by atoms with Crippen LogP contribution in [0.1, 0.15) is 46.0 Å². The zero-order valence-corrected chi connectivity index (χ0v) is 14.3. The van der Waals surface area contributed by atoms with Crippen LogP contribution in [0.3, 0.4) is 0 Å². The van der Waals surface area contributed by atoms with Gasteiger partial charge in [0.25, 0.3) is 16.0 Å². The minimum atomic E-state index is -5.05. The molecule has 1 saturated heterocycles. The summed E-state index contributed by atoms with van der Waals surface area (Å²) in [5, 5.41) is -4.59. The first-order valence-corrected chi connectivity index (χ1v) is 10.3. The molecule has 0 radical (unpaired) electrons. The Morgan fingerprint density at radius 3 is 1.82 bits per heavy atom. The molecule has 0 aliphatic carbocycles. The predicted octanol–water partition coefficient (Wildman–Crippen LogP) is 1.88. The highest BCUT2D eigenvalue weighted by atomic mass is 32.2. The van der Waals surface area contributed by atoms with E-state index in [0.717, 1.165) is 10.7 Å². The Kier molecular flexibility index (Phi) is 6.33. The normalized spacial score (nSPS) is 21.5. The van der Waals surface area contributed by atoms with Gasteiger partial charge in [-0.25, -0.2) is 21.5 Å². The van der Waals surface area contributed by atoms with Gasteiger partial charge in [0.1, 0.15) is 5.25 Å². The molecule has 0 spiro atoms. The molecule has 0 saturated carbocycles. The lowest BCUT2D eigenvalue weighted by molar-refractivity contribution is -0.0128. The van der Waals surface area contributed by atoms with E-state index in [4.69, 9.17) is 4.55 Å². The fourth-order valence-corrected chi connectivity index (χ4v) is 6.05. The van der Waals surface area contributed by atoms with Crippen molar-refractivity contribution >= 4 is 20.1 Å². The summed E-state index contributed by atoms with van der Waals surface area (Å²) in [5.41, 5.74) is 0. The molecule has 1 fully saturated rings. The maximum Gasteiger partial charge on any atom is 0.284 e. The van der Waals surface area contributed by atoms with Crippen LogP contribution in [-0.2, 0) is 20.1 Å². The van der Waals surface area contributed by atoms with Gasteiger partial charge in [0.2, 0.25) is 10.0 Å². The lowest BCUT2D eigenvalue weighted by Crippen LogP contribution is -2.55. The first-order valence-electron chi connectivity index (χ1n) is 7.32. The Hall–Kier alpha value is -0.320. The first-order chi connectivity index (χ1) is 9.99. The molecule has 22 heavy (non-hydrogen) atoms. The molecule has 0 amide bonds. The lowest BCUT2D eigenvalue weighted by atomic mass is 10.1. The summed E-state index contributed by atoms with van der Waals surface area (Å²) in [6.07, 6.45) is 1.02. The third-order valence-corrected chi connectivity index (χ3v) is 7.81. The van der Waals surface area contributed by atoms with Crippen LogP contribution in [0.15, 0.2) is 0 Å². The quantitative estimate of drug-likeness (QED) is 0.697. The van der Waals surface area contributed by atoms with Gasteiger partial charge in [-0.3, -0.25) is 4.55 Å². The van der Waals surface area contributed by atoms with Crippen molar-refractivity contribution in [1.82, 2.24) is 4.31 Å². The monoisotopic (exact) mass is 363 g/mol. The molecule has 1 N–H and O–H groups in total. The molecule has 10 heteroatoms. The highest BCUT2D eigenvalue weighted by Crippen LogP contribution is 2.37. The van der Waals surface area contributed by atoms with Crippen LogP contribution in [0.4, 0.5) is 8.78 Å². The second-order valence-electron chi connectivity index (χ2n) is 5.49. The second kappa shape index (κ2) is 7.06. The molecule has 132 valence electrons. The van der Waals surface area contributed by atoms with Crippen molar-refractivity contribution < 1.29 is 30.2 Å². The number of alkyl halides is 2. The Balaban J connectivity index is 3.22. The predicted molar refractivity (Wildman–Crippen MR) is 79.0 cm³/mol. The lowest BCUT2D eigenvalue weighted by Gasteiger charge is -2.35. The van der Waals surface area contributed by atoms with E-state index >= 15 is 0 Å². The summed E-state index contributed by atoms with van der Waals surface area (Å²) < 4.78 is 86.5. The number of hydrogen-bond acceptors (Lipinski definition) is 4. The van der Waals surface area contributed by atoms with Gasteiger partial charge in [0.15, 0.2) is 5.25 Å². The minimum absolute atomic E-state index is 0.164. The van der Waals surface area contributed by atoms with E-state index in [2.05, 4.69) is 0 Å². The molecule has 6 nitrogen and oxygen atoms in total. The average Bonchev–Trinajstić information content (AvgIpc) is 2.38. The zero-order chi connectivity index (χ0) is 17.2. The van der Waals surface area contributed by atoms with E-state index in [1.165, 1.54) is 13.8 Å². The number of nitrogens with zero attached hydrogens (tertiary/aromatic N) is 1. The third kappa shape index (κ3) is 3.95. The fraction of sp³-hybridized carbons (Fsp3) is 1.00. The minimum Gasteiger partial charge on any atom is -0.285 e. The summed E-state index contributed by atoms with van der Waals surface area (Å²) in [6.45, 7) is 2.78. The summed E-state index contributed by atoms with van der Waals surface area (Å²) in [7, 11) is -9.39. The summed E-state index contributed by atoms with van der Waals surface area (Å²) >= 11 is 0. The van der Waals surface area contributed by atoms with E-state index in [0.29, 0.717) is 12.8 Å². The molecule has 1 aliphatic rings. The molecule has 0 aromatic heterocycles. The Labute approximate surface area is 130 Å². The molecule has 1 rings (SSSR count). The zero-order valence-electron chi connectivity index (χ0n) is 12.7. The summed E-state index contributed by atoms with van der Waals surface area (Å²) in [6, 6.07) is 0.